The fourth-order valence-corrected chi connectivity index (χ4v) is 2.08. The van der Waals surface area contributed by atoms with Gasteiger partial charge in [0.25, 0.3) is 5.69 Å². The highest BCUT2D eigenvalue weighted by molar-refractivity contribution is 5.73. The minimum atomic E-state index is -5.08. The zero-order chi connectivity index (χ0) is 20.6. The van der Waals surface area contributed by atoms with E-state index in [0.717, 1.165) is 25.1 Å². The van der Waals surface area contributed by atoms with Gasteiger partial charge >= 0.3 is 18.2 Å². The highest BCUT2D eigenvalue weighted by Crippen LogP contribution is 2.14. The van der Waals surface area contributed by atoms with Gasteiger partial charge in [-0.05, 0) is 30.7 Å². The molecule has 1 atom stereocenters. The third kappa shape index (κ3) is 7.48. The Morgan fingerprint density at radius 2 is 1.93 bits per heavy atom. The number of carbonyl (C=O) groups excluding carboxylic acids is 1. The second-order valence-electron chi connectivity index (χ2n) is 5.54. The SMILES string of the molecule is CN(C(=O)OCc1ccc([N+](=O)[O-])cc1)[C@H]1CCNC1.O=C(O)C(F)(F)F. The van der Waals surface area contributed by atoms with Gasteiger partial charge < -0.3 is 20.1 Å². The van der Waals surface area contributed by atoms with Gasteiger partial charge in [0, 0.05) is 31.8 Å². The van der Waals surface area contributed by atoms with Crippen molar-refractivity contribution in [3.63, 3.8) is 0 Å². The average Bonchev–Trinajstić information content (AvgIpc) is 3.13. The molecule has 27 heavy (non-hydrogen) atoms. The number of hydrogen-bond donors (Lipinski definition) is 2. The molecule has 150 valence electrons. The first-order valence-electron chi connectivity index (χ1n) is 7.66. The van der Waals surface area contributed by atoms with E-state index < -0.39 is 17.1 Å². The number of nitrogens with one attached hydrogen (secondary N) is 1. The van der Waals surface area contributed by atoms with Crippen molar-refractivity contribution >= 4 is 17.7 Å². The zero-order valence-corrected chi connectivity index (χ0v) is 14.2. The van der Waals surface area contributed by atoms with Crippen LogP contribution in [0, 0.1) is 10.1 Å². The van der Waals surface area contributed by atoms with Crippen LogP contribution < -0.4 is 5.32 Å². The number of halogens is 3. The lowest BCUT2D eigenvalue weighted by Gasteiger charge is -2.22. The quantitative estimate of drug-likeness (QED) is 0.594. The van der Waals surface area contributed by atoms with Crippen molar-refractivity contribution in [3.8, 4) is 0 Å². The number of benzene rings is 1. The predicted molar refractivity (Wildman–Crippen MR) is 86.0 cm³/mol. The van der Waals surface area contributed by atoms with E-state index in [2.05, 4.69) is 5.32 Å². The number of nitro groups is 1. The van der Waals surface area contributed by atoms with Gasteiger partial charge in [-0.1, -0.05) is 0 Å². The fraction of sp³-hybridized carbons (Fsp3) is 0.467. The molecule has 0 aromatic heterocycles. The molecule has 0 aliphatic carbocycles. The standard InChI is InChI=1S/C13H17N3O4.C2HF3O2/c1-15(12-6-7-14-8-12)13(17)20-9-10-2-4-11(5-3-10)16(18)19;3-2(4,5)1(6)7/h2-5,12,14H,6-9H2,1H3;(H,6,7)/t12-;/m0./s1. The van der Waals surface area contributed by atoms with Crippen LogP contribution in [0.1, 0.15) is 12.0 Å². The van der Waals surface area contributed by atoms with E-state index in [1.165, 1.54) is 12.1 Å². The van der Waals surface area contributed by atoms with E-state index in [1.807, 2.05) is 0 Å². The first-order valence-corrected chi connectivity index (χ1v) is 7.66. The lowest BCUT2D eigenvalue weighted by atomic mass is 10.2. The van der Waals surface area contributed by atoms with E-state index in [4.69, 9.17) is 14.6 Å². The second-order valence-corrected chi connectivity index (χ2v) is 5.54. The molecule has 1 aliphatic rings. The van der Waals surface area contributed by atoms with Gasteiger partial charge in [-0.3, -0.25) is 10.1 Å². The maximum Gasteiger partial charge on any atom is 0.490 e. The van der Waals surface area contributed by atoms with Crippen LogP contribution in [0.2, 0.25) is 0 Å². The summed E-state index contributed by atoms with van der Waals surface area (Å²) in [7, 11) is 1.72. The summed E-state index contributed by atoms with van der Waals surface area (Å²) in [5.41, 5.74) is 0.746. The Balaban J connectivity index is 0.000000445. The molecular formula is C15H18F3N3O6. The smallest absolute Gasteiger partial charge is 0.475 e. The van der Waals surface area contributed by atoms with Gasteiger partial charge in [0.05, 0.1) is 4.92 Å². The van der Waals surface area contributed by atoms with Crippen molar-refractivity contribution in [2.24, 2.45) is 0 Å². The molecule has 1 aromatic carbocycles. The molecule has 0 saturated carbocycles. The number of aliphatic carboxylic acids is 1. The number of hydrogen-bond acceptors (Lipinski definition) is 6. The van der Waals surface area contributed by atoms with Crippen LogP contribution in [-0.4, -0.2) is 59.3 Å². The van der Waals surface area contributed by atoms with E-state index >= 15 is 0 Å². The van der Waals surface area contributed by atoms with Gasteiger partial charge in [0.1, 0.15) is 6.61 Å². The molecular weight excluding hydrogens is 375 g/mol. The van der Waals surface area contributed by atoms with Crippen molar-refractivity contribution in [3.05, 3.63) is 39.9 Å². The van der Waals surface area contributed by atoms with E-state index in [1.54, 1.807) is 24.1 Å². The lowest BCUT2D eigenvalue weighted by molar-refractivity contribution is -0.384. The lowest BCUT2D eigenvalue weighted by Crippen LogP contribution is -2.38. The molecule has 1 amide bonds. The third-order valence-electron chi connectivity index (χ3n) is 3.62. The number of alkyl halides is 3. The Morgan fingerprint density at radius 3 is 2.33 bits per heavy atom. The number of nitro benzene ring substituents is 1. The molecule has 0 unspecified atom stereocenters. The summed E-state index contributed by atoms with van der Waals surface area (Å²) >= 11 is 0. The van der Waals surface area contributed by atoms with Gasteiger partial charge in [-0.15, -0.1) is 0 Å². The number of carboxylic acids is 1. The summed E-state index contributed by atoms with van der Waals surface area (Å²) < 4.78 is 36.9. The first kappa shape index (κ1) is 22.2. The molecule has 1 aliphatic heterocycles. The third-order valence-corrected chi connectivity index (χ3v) is 3.62. The highest BCUT2D eigenvalue weighted by atomic mass is 19.4. The maximum atomic E-state index is 11.8. The maximum absolute atomic E-state index is 11.8. The molecule has 1 heterocycles. The Hall–Kier alpha value is -2.89. The van der Waals surface area contributed by atoms with Crippen molar-refractivity contribution in [1.29, 1.82) is 0 Å². The monoisotopic (exact) mass is 393 g/mol. The minimum absolute atomic E-state index is 0.0224. The minimum Gasteiger partial charge on any atom is -0.475 e. The van der Waals surface area contributed by atoms with Crippen molar-refractivity contribution < 1.29 is 37.5 Å². The summed E-state index contributed by atoms with van der Waals surface area (Å²) in [5, 5.41) is 20.8. The van der Waals surface area contributed by atoms with E-state index in [9.17, 15) is 28.1 Å². The van der Waals surface area contributed by atoms with E-state index in [0.29, 0.717) is 0 Å². The summed E-state index contributed by atoms with van der Waals surface area (Å²) in [5.74, 6) is -2.76. The molecule has 0 bridgehead atoms. The number of nitrogens with zero attached hydrogens (tertiary/aromatic N) is 2. The summed E-state index contributed by atoms with van der Waals surface area (Å²) in [6, 6.07) is 6.13. The largest absolute Gasteiger partial charge is 0.490 e. The van der Waals surface area contributed by atoms with Crippen LogP contribution in [0.25, 0.3) is 0 Å². The normalized spacial score (nSPS) is 16.1. The predicted octanol–water partition coefficient (Wildman–Crippen LogP) is 2.16. The second kappa shape index (κ2) is 9.71. The van der Waals surface area contributed by atoms with Gasteiger partial charge in [-0.2, -0.15) is 13.2 Å². The molecule has 1 fully saturated rings. The van der Waals surface area contributed by atoms with Crippen LogP contribution in [0.3, 0.4) is 0 Å². The number of non-ortho nitro benzene ring substituents is 1. The number of amides is 1. The van der Waals surface area contributed by atoms with Crippen LogP contribution in [0.4, 0.5) is 23.7 Å². The number of rotatable bonds is 4. The topological polar surface area (TPSA) is 122 Å². The van der Waals surface area contributed by atoms with E-state index in [-0.39, 0.29) is 24.4 Å². The molecule has 0 spiro atoms. The average molecular weight is 393 g/mol. The van der Waals surface area contributed by atoms with Crippen molar-refractivity contribution in [1.82, 2.24) is 10.2 Å². The van der Waals surface area contributed by atoms with Crippen LogP contribution >= 0.6 is 0 Å². The molecule has 1 saturated heterocycles. The molecule has 12 heteroatoms. The fourth-order valence-electron chi connectivity index (χ4n) is 2.08. The van der Waals surface area contributed by atoms with Gasteiger partial charge in [0.15, 0.2) is 0 Å². The Bertz CT molecular complexity index is 660. The molecule has 0 radical (unpaired) electrons. The Labute approximate surface area is 151 Å². The molecule has 9 nitrogen and oxygen atoms in total. The molecule has 1 aromatic rings. The summed E-state index contributed by atoms with van der Waals surface area (Å²) in [4.78, 5) is 32.4. The number of likely N-dealkylation sites (N-methyl/N-ethyl adjacent to an activating group) is 1. The Morgan fingerprint density at radius 1 is 1.37 bits per heavy atom. The van der Waals surface area contributed by atoms with Crippen LogP contribution in [0.15, 0.2) is 24.3 Å². The molecule has 2 N–H and O–H groups in total. The van der Waals surface area contributed by atoms with Crippen molar-refractivity contribution in [2.45, 2.75) is 25.2 Å². The van der Waals surface area contributed by atoms with Crippen molar-refractivity contribution in [2.75, 3.05) is 20.1 Å². The number of carboxylic acid groups (broad SMARTS) is 1. The summed E-state index contributed by atoms with van der Waals surface area (Å²) in [6.07, 6.45) is -4.54. The number of ether oxygens (including phenoxy) is 1. The first-order chi connectivity index (χ1) is 12.5. The van der Waals surface area contributed by atoms with Crippen LogP contribution in [0.5, 0.6) is 0 Å². The zero-order valence-electron chi connectivity index (χ0n) is 14.2. The Kier molecular flexibility index (Phi) is 7.97. The van der Waals surface area contributed by atoms with Gasteiger partial charge in [0.2, 0.25) is 0 Å². The number of carbonyl (C=O) groups is 2. The summed E-state index contributed by atoms with van der Waals surface area (Å²) in [6.45, 7) is 1.80. The molecule has 2 rings (SSSR count). The van der Waals surface area contributed by atoms with Gasteiger partial charge in [-0.25, -0.2) is 9.59 Å². The highest BCUT2D eigenvalue weighted by Gasteiger charge is 2.38. The van der Waals surface area contributed by atoms with Crippen LogP contribution in [-0.2, 0) is 16.1 Å².